The van der Waals surface area contributed by atoms with Gasteiger partial charge in [0.15, 0.2) is 23.0 Å². The van der Waals surface area contributed by atoms with Crippen molar-refractivity contribution >= 4 is 11.8 Å². The van der Waals surface area contributed by atoms with Crippen molar-refractivity contribution < 1.29 is 32.3 Å². The lowest BCUT2D eigenvalue weighted by Crippen LogP contribution is -2.52. The van der Waals surface area contributed by atoms with E-state index in [1.807, 2.05) is 4.90 Å². The zero-order chi connectivity index (χ0) is 26.8. The number of rotatable bonds is 9. The number of hydrogen-bond donors (Lipinski definition) is 1. The summed E-state index contributed by atoms with van der Waals surface area (Å²) in [5, 5.41) is 0. The van der Waals surface area contributed by atoms with E-state index < -0.39 is 12.7 Å². The van der Waals surface area contributed by atoms with Crippen molar-refractivity contribution in [2.45, 2.75) is 58.1 Å². The molecular formula is C27H34F2N4O5. The van der Waals surface area contributed by atoms with Gasteiger partial charge < -0.3 is 29.4 Å². The van der Waals surface area contributed by atoms with Crippen LogP contribution in [0.1, 0.15) is 67.7 Å². The Balaban J connectivity index is 1.33. The largest absolute Gasteiger partial charge is 0.489 e. The predicted octanol–water partition coefficient (Wildman–Crippen LogP) is 4.23. The van der Waals surface area contributed by atoms with Gasteiger partial charge in [0.25, 0.3) is 5.91 Å². The molecular weight excluding hydrogens is 498 g/mol. The van der Waals surface area contributed by atoms with Gasteiger partial charge >= 0.3 is 6.61 Å². The van der Waals surface area contributed by atoms with Gasteiger partial charge in [-0.3, -0.25) is 9.59 Å². The number of benzene rings is 1. The van der Waals surface area contributed by atoms with Gasteiger partial charge in [-0.25, -0.2) is 4.98 Å². The number of ether oxygens (including phenoxy) is 2. The first-order chi connectivity index (χ1) is 18.3. The first-order valence-electron chi connectivity index (χ1n) is 13.4. The van der Waals surface area contributed by atoms with Gasteiger partial charge in [-0.2, -0.15) is 8.78 Å². The van der Waals surface area contributed by atoms with E-state index in [0.29, 0.717) is 44.3 Å². The fourth-order valence-electron chi connectivity index (χ4n) is 5.07. The molecule has 0 spiro atoms. The monoisotopic (exact) mass is 532 g/mol. The molecule has 1 atom stereocenters. The van der Waals surface area contributed by atoms with Crippen molar-refractivity contribution in [3.63, 3.8) is 0 Å². The van der Waals surface area contributed by atoms with Crippen LogP contribution in [0.25, 0.3) is 11.5 Å². The molecule has 1 aromatic heterocycles. The van der Waals surface area contributed by atoms with Gasteiger partial charge in [0.2, 0.25) is 11.8 Å². The van der Waals surface area contributed by atoms with Crippen LogP contribution in [-0.4, -0.2) is 66.0 Å². The minimum absolute atomic E-state index is 0.0790. The minimum Gasteiger partial charge on any atom is -0.489 e. The van der Waals surface area contributed by atoms with E-state index in [4.69, 9.17) is 14.9 Å². The fraction of sp³-hybridized carbons (Fsp3) is 0.593. The van der Waals surface area contributed by atoms with Crippen LogP contribution in [0.2, 0.25) is 0 Å². The number of amides is 2. The molecule has 0 radical (unpaired) electrons. The third-order valence-corrected chi connectivity index (χ3v) is 7.43. The lowest BCUT2D eigenvalue weighted by atomic mass is 10.1. The van der Waals surface area contributed by atoms with Gasteiger partial charge in [-0.15, -0.1) is 0 Å². The molecule has 2 aliphatic carbocycles. The Morgan fingerprint density at radius 2 is 1.76 bits per heavy atom. The molecule has 2 aromatic rings. The van der Waals surface area contributed by atoms with Gasteiger partial charge in [0.05, 0.1) is 12.6 Å². The molecule has 2 heterocycles. The molecule has 5 rings (SSSR count). The van der Waals surface area contributed by atoms with Crippen LogP contribution in [0.4, 0.5) is 8.78 Å². The second-order valence-corrected chi connectivity index (χ2v) is 10.4. The maximum Gasteiger partial charge on any atom is 0.387 e. The molecule has 2 saturated carbocycles. The Kier molecular flexibility index (Phi) is 7.83. The topological polar surface area (TPSA) is 111 Å². The van der Waals surface area contributed by atoms with Gasteiger partial charge in [-0.1, -0.05) is 12.8 Å². The summed E-state index contributed by atoms with van der Waals surface area (Å²) in [7, 11) is 0. The molecule has 0 unspecified atom stereocenters. The molecule has 9 nitrogen and oxygen atoms in total. The highest BCUT2D eigenvalue weighted by molar-refractivity contribution is 5.94. The lowest BCUT2D eigenvalue weighted by Gasteiger charge is -2.35. The average Bonchev–Trinajstić information content (AvgIpc) is 3.37. The first kappa shape index (κ1) is 26.4. The van der Waals surface area contributed by atoms with Crippen molar-refractivity contribution in [2.24, 2.45) is 17.6 Å². The first-order valence-corrected chi connectivity index (χ1v) is 13.4. The second kappa shape index (κ2) is 11.3. The third kappa shape index (κ3) is 5.92. The summed E-state index contributed by atoms with van der Waals surface area (Å²) in [5.41, 5.74) is 6.68. The number of oxazole rings is 1. The highest BCUT2D eigenvalue weighted by Crippen LogP contribution is 2.37. The Morgan fingerprint density at radius 3 is 2.39 bits per heavy atom. The third-order valence-electron chi connectivity index (χ3n) is 7.43. The number of hydrogen-bond acceptors (Lipinski definition) is 7. The Bertz CT molecular complexity index is 1150. The second-order valence-electron chi connectivity index (χ2n) is 10.4. The number of carbonyl (C=O) groups excluding carboxylic acids is 2. The van der Waals surface area contributed by atoms with Gasteiger partial charge in [0.1, 0.15) is 0 Å². The lowest BCUT2D eigenvalue weighted by molar-refractivity contribution is -0.136. The number of carbonyl (C=O) groups is 2. The van der Waals surface area contributed by atoms with E-state index >= 15 is 0 Å². The van der Waals surface area contributed by atoms with Gasteiger partial charge in [-0.05, 0) is 56.7 Å². The number of nitrogens with two attached hydrogens (primary N) is 1. The highest BCUT2D eigenvalue weighted by atomic mass is 19.3. The van der Waals surface area contributed by atoms with Gasteiger partial charge in [0, 0.05) is 37.7 Å². The molecule has 11 heteroatoms. The molecule has 2 N–H and O–H groups in total. The summed E-state index contributed by atoms with van der Waals surface area (Å²) in [6, 6.07) is 3.83. The van der Waals surface area contributed by atoms with Crippen molar-refractivity contribution in [3.8, 4) is 23.0 Å². The van der Waals surface area contributed by atoms with Crippen molar-refractivity contribution in [1.29, 1.82) is 0 Å². The normalized spacial score (nSPS) is 19.2. The Hall–Kier alpha value is -3.21. The number of piperazine rings is 1. The van der Waals surface area contributed by atoms with Crippen LogP contribution in [0.5, 0.6) is 11.5 Å². The Labute approximate surface area is 220 Å². The number of alkyl halides is 2. The average molecular weight is 533 g/mol. The number of nitrogens with zero attached hydrogens (tertiary/aromatic N) is 3. The summed E-state index contributed by atoms with van der Waals surface area (Å²) in [5.74, 6) is 0.837. The van der Waals surface area contributed by atoms with Crippen LogP contribution in [0.15, 0.2) is 22.6 Å². The molecule has 3 fully saturated rings. The summed E-state index contributed by atoms with van der Waals surface area (Å²) in [4.78, 5) is 34.2. The molecule has 1 aromatic carbocycles. The molecule has 1 aliphatic heterocycles. The van der Waals surface area contributed by atoms with Crippen molar-refractivity contribution in [3.05, 3.63) is 29.7 Å². The van der Waals surface area contributed by atoms with E-state index in [1.54, 1.807) is 11.8 Å². The SMILES string of the molecule is C[C@H](N)c1oc(-c2ccc(OC(F)F)c(OCC3CC3)c2)nc1C(=O)N1CCN(C(=O)C2CCCC2)CC1. The zero-order valence-corrected chi connectivity index (χ0v) is 21.5. The van der Waals surface area contributed by atoms with Crippen LogP contribution < -0.4 is 15.2 Å². The maximum atomic E-state index is 13.4. The van der Waals surface area contributed by atoms with Crippen molar-refractivity contribution in [1.82, 2.24) is 14.8 Å². The molecule has 206 valence electrons. The molecule has 1 saturated heterocycles. The van der Waals surface area contributed by atoms with E-state index in [0.717, 1.165) is 38.5 Å². The summed E-state index contributed by atoms with van der Waals surface area (Å²) in [6.07, 6.45) is 6.16. The molecule has 2 amide bonds. The summed E-state index contributed by atoms with van der Waals surface area (Å²) in [6.45, 7) is 0.863. The molecule has 38 heavy (non-hydrogen) atoms. The minimum atomic E-state index is -2.99. The number of aromatic nitrogens is 1. The Morgan fingerprint density at radius 1 is 1.08 bits per heavy atom. The summed E-state index contributed by atoms with van der Waals surface area (Å²) >= 11 is 0. The van der Waals surface area contributed by atoms with E-state index in [1.165, 1.54) is 18.2 Å². The smallest absolute Gasteiger partial charge is 0.387 e. The molecule has 3 aliphatic rings. The zero-order valence-electron chi connectivity index (χ0n) is 21.5. The predicted molar refractivity (Wildman–Crippen MR) is 134 cm³/mol. The van der Waals surface area contributed by atoms with Crippen LogP contribution in [0, 0.1) is 11.8 Å². The standard InChI is InChI=1S/C27H34F2N4O5/c1-16(30)23-22(26(35)33-12-10-32(11-13-33)25(34)18-4-2-3-5-18)31-24(38-23)19-8-9-20(37-27(28)29)21(14-19)36-15-17-6-7-17/h8-9,14,16-18,27H,2-7,10-13,15,30H2,1H3/t16-/m0/s1. The van der Waals surface area contributed by atoms with Crippen LogP contribution >= 0.6 is 0 Å². The summed E-state index contributed by atoms with van der Waals surface area (Å²) < 4.78 is 42.1. The van der Waals surface area contributed by atoms with Crippen LogP contribution in [0.3, 0.4) is 0 Å². The van der Waals surface area contributed by atoms with E-state index in [-0.39, 0.29) is 46.6 Å². The highest BCUT2D eigenvalue weighted by Gasteiger charge is 2.33. The molecule has 0 bridgehead atoms. The van der Waals surface area contributed by atoms with Crippen molar-refractivity contribution in [2.75, 3.05) is 32.8 Å². The maximum absolute atomic E-state index is 13.4. The van der Waals surface area contributed by atoms with Crippen LogP contribution in [-0.2, 0) is 4.79 Å². The quantitative estimate of drug-likeness (QED) is 0.515. The van der Waals surface area contributed by atoms with E-state index in [2.05, 4.69) is 9.72 Å². The number of halogens is 2. The fourth-order valence-corrected chi connectivity index (χ4v) is 5.07. The van der Waals surface area contributed by atoms with E-state index in [9.17, 15) is 18.4 Å².